The molecule has 1 saturated heterocycles. The quantitative estimate of drug-likeness (QED) is 0.862. The zero-order valence-corrected chi connectivity index (χ0v) is 13.7. The number of hydrogen-bond donors (Lipinski definition) is 1. The third-order valence-electron chi connectivity index (χ3n) is 5.68. The minimum atomic E-state index is -0.319. The molecule has 128 valence electrons. The molecule has 0 unspecified atom stereocenters. The van der Waals surface area contributed by atoms with E-state index in [2.05, 4.69) is 16.3 Å². The standard InChI is InChI=1S/C18H22FN3O2/c19-14-6-3-5-13-16(14)21(12-18(13)7-1-2-8-18)9-4-10-22-15(23)11-20-17(22)24/h3,5-6H,1-2,4,7-12H2,(H,20,24). The fourth-order valence-corrected chi connectivity index (χ4v) is 4.57. The molecule has 3 aliphatic rings. The minimum absolute atomic E-state index is 0.0864. The first kappa shape index (κ1) is 15.4. The lowest BCUT2D eigenvalue weighted by molar-refractivity contribution is -0.125. The Morgan fingerprint density at radius 3 is 2.67 bits per heavy atom. The molecule has 0 atom stereocenters. The molecule has 1 saturated carbocycles. The van der Waals surface area contributed by atoms with E-state index in [-0.39, 0.29) is 29.7 Å². The second-order valence-electron chi connectivity index (χ2n) is 7.10. The first-order valence-electron chi connectivity index (χ1n) is 8.73. The first-order valence-corrected chi connectivity index (χ1v) is 8.73. The van der Waals surface area contributed by atoms with Crippen LogP contribution in [0.3, 0.4) is 0 Å². The van der Waals surface area contributed by atoms with E-state index >= 15 is 0 Å². The number of benzene rings is 1. The van der Waals surface area contributed by atoms with Gasteiger partial charge in [0.2, 0.25) is 5.91 Å². The van der Waals surface area contributed by atoms with Crippen LogP contribution in [0.5, 0.6) is 0 Å². The molecule has 3 amide bonds. The number of anilines is 1. The summed E-state index contributed by atoms with van der Waals surface area (Å²) >= 11 is 0. The third-order valence-corrected chi connectivity index (χ3v) is 5.68. The zero-order chi connectivity index (χ0) is 16.7. The van der Waals surface area contributed by atoms with Crippen LogP contribution in [-0.2, 0) is 10.2 Å². The van der Waals surface area contributed by atoms with E-state index in [1.165, 1.54) is 23.8 Å². The van der Waals surface area contributed by atoms with Gasteiger partial charge in [0, 0.05) is 25.0 Å². The van der Waals surface area contributed by atoms with Gasteiger partial charge >= 0.3 is 6.03 Å². The van der Waals surface area contributed by atoms with Crippen molar-refractivity contribution >= 4 is 17.6 Å². The number of fused-ring (bicyclic) bond motifs is 2. The summed E-state index contributed by atoms with van der Waals surface area (Å²) < 4.78 is 14.5. The summed E-state index contributed by atoms with van der Waals surface area (Å²) in [6.07, 6.45) is 5.29. The molecular formula is C18H22FN3O2. The van der Waals surface area contributed by atoms with E-state index in [0.717, 1.165) is 30.6 Å². The highest BCUT2D eigenvalue weighted by Crippen LogP contribution is 2.51. The number of halogens is 1. The molecule has 6 heteroatoms. The van der Waals surface area contributed by atoms with Crippen LogP contribution in [0.2, 0.25) is 0 Å². The topological polar surface area (TPSA) is 52.7 Å². The van der Waals surface area contributed by atoms with E-state index in [1.807, 2.05) is 6.07 Å². The van der Waals surface area contributed by atoms with Gasteiger partial charge in [0.15, 0.2) is 0 Å². The van der Waals surface area contributed by atoms with Gasteiger partial charge in [-0.25, -0.2) is 9.18 Å². The van der Waals surface area contributed by atoms with E-state index in [0.29, 0.717) is 19.5 Å². The Balaban J connectivity index is 1.49. The molecule has 0 aromatic heterocycles. The van der Waals surface area contributed by atoms with Crippen molar-refractivity contribution in [1.82, 2.24) is 10.2 Å². The van der Waals surface area contributed by atoms with Gasteiger partial charge in [0.1, 0.15) is 5.82 Å². The van der Waals surface area contributed by atoms with Gasteiger partial charge in [-0.1, -0.05) is 25.0 Å². The van der Waals surface area contributed by atoms with Crippen molar-refractivity contribution in [3.05, 3.63) is 29.6 Å². The van der Waals surface area contributed by atoms with Crippen LogP contribution in [0, 0.1) is 5.82 Å². The van der Waals surface area contributed by atoms with Crippen LogP contribution in [0.15, 0.2) is 18.2 Å². The average molecular weight is 331 g/mol. The number of rotatable bonds is 4. The monoisotopic (exact) mass is 331 g/mol. The molecule has 2 aliphatic heterocycles. The van der Waals surface area contributed by atoms with E-state index < -0.39 is 0 Å². The smallest absolute Gasteiger partial charge is 0.324 e. The Hall–Kier alpha value is -2.11. The fraction of sp³-hybridized carbons (Fsp3) is 0.556. The van der Waals surface area contributed by atoms with Gasteiger partial charge in [0.25, 0.3) is 0 Å². The molecule has 24 heavy (non-hydrogen) atoms. The highest BCUT2D eigenvalue weighted by molar-refractivity contribution is 6.01. The van der Waals surface area contributed by atoms with Gasteiger partial charge in [0.05, 0.1) is 12.2 Å². The molecule has 2 heterocycles. The largest absolute Gasteiger partial charge is 0.368 e. The van der Waals surface area contributed by atoms with Crippen molar-refractivity contribution in [3.63, 3.8) is 0 Å². The molecule has 1 spiro atoms. The predicted molar refractivity (Wildman–Crippen MR) is 88.5 cm³/mol. The zero-order valence-electron chi connectivity index (χ0n) is 13.7. The van der Waals surface area contributed by atoms with Gasteiger partial charge in [-0.15, -0.1) is 0 Å². The predicted octanol–water partition coefficient (Wildman–Crippen LogP) is 2.40. The summed E-state index contributed by atoms with van der Waals surface area (Å²) in [5, 5.41) is 2.53. The summed E-state index contributed by atoms with van der Waals surface area (Å²) in [6, 6.07) is 5.09. The van der Waals surface area contributed by atoms with Crippen molar-refractivity contribution in [3.8, 4) is 0 Å². The van der Waals surface area contributed by atoms with Gasteiger partial charge in [-0.05, 0) is 30.9 Å². The molecule has 1 aromatic rings. The molecule has 2 fully saturated rings. The number of carbonyl (C=O) groups is 2. The Bertz CT molecular complexity index is 669. The van der Waals surface area contributed by atoms with Crippen LogP contribution < -0.4 is 10.2 Å². The molecule has 1 N–H and O–H groups in total. The molecule has 4 rings (SSSR count). The summed E-state index contributed by atoms with van der Waals surface area (Å²) in [6.45, 7) is 1.98. The lowest BCUT2D eigenvalue weighted by Gasteiger charge is -2.26. The SMILES string of the molecule is O=C1CNC(=O)N1CCCN1CC2(CCCC2)c2cccc(F)c21. The number of hydrogen-bond acceptors (Lipinski definition) is 3. The molecule has 0 bridgehead atoms. The lowest BCUT2D eigenvalue weighted by Crippen LogP contribution is -2.36. The average Bonchev–Trinajstić information content (AvgIpc) is 3.24. The fourth-order valence-electron chi connectivity index (χ4n) is 4.57. The second kappa shape index (κ2) is 5.76. The molecule has 1 aliphatic carbocycles. The van der Waals surface area contributed by atoms with Crippen molar-refractivity contribution in [2.75, 3.05) is 31.1 Å². The number of carbonyl (C=O) groups excluding carboxylic acids is 2. The van der Waals surface area contributed by atoms with Crippen molar-refractivity contribution in [2.45, 2.75) is 37.5 Å². The van der Waals surface area contributed by atoms with E-state index in [9.17, 15) is 14.0 Å². The van der Waals surface area contributed by atoms with Crippen LogP contribution in [-0.4, -0.2) is 43.0 Å². The highest BCUT2D eigenvalue weighted by atomic mass is 19.1. The molecular weight excluding hydrogens is 309 g/mol. The first-order chi connectivity index (χ1) is 11.6. The van der Waals surface area contributed by atoms with Crippen LogP contribution in [0.25, 0.3) is 0 Å². The highest BCUT2D eigenvalue weighted by Gasteiger charge is 2.45. The van der Waals surface area contributed by atoms with Gasteiger partial charge in [-0.3, -0.25) is 9.69 Å². The Kier molecular flexibility index (Phi) is 3.70. The van der Waals surface area contributed by atoms with E-state index in [1.54, 1.807) is 0 Å². The number of amides is 3. The number of urea groups is 1. The van der Waals surface area contributed by atoms with Gasteiger partial charge in [-0.2, -0.15) is 0 Å². The van der Waals surface area contributed by atoms with Gasteiger partial charge < -0.3 is 10.2 Å². The Labute approximate surface area is 140 Å². The normalized spacial score (nSPS) is 21.7. The third kappa shape index (κ3) is 2.36. The number of imide groups is 1. The Morgan fingerprint density at radius 1 is 1.17 bits per heavy atom. The number of nitrogens with zero attached hydrogens (tertiary/aromatic N) is 2. The summed E-state index contributed by atoms with van der Waals surface area (Å²) in [5.41, 5.74) is 1.98. The number of para-hydroxylation sites is 1. The maximum Gasteiger partial charge on any atom is 0.324 e. The molecule has 5 nitrogen and oxygen atoms in total. The molecule has 1 aromatic carbocycles. The van der Waals surface area contributed by atoms with Crippen molar-refractivity contribution in [2.24, 2.45) is 0 Å². The minimum Gasteiger partial charge on any atom is -0.368 e. The molecule has 0 radical (unpaired) electrons. The lowest BCUT2D eigenvalue weighted by atomic mass is 9.81. The summed E-state index contributed by atoms with van der Waals surface area (Å²) in [5.74, 6) is -0.341. The van der Waals surface area contributed by atoms with Crippen molar-refractivity contribution in [1.29, 1.82) is 0 Å². The Morgan fingerprint density at radius 2 is 1.96 bits per heavy atom. The summed E-state index contributed by atoms with van der Waals surface area (Å²) in [7, 11) is 0. The van der Waals surface area contributed by atoms with E-state index in [4.69, 9.17) is 0 Å². The second-order valence-corrected chi connectivity index (χ2v) is 7.10. The van der Waals surface area contributed by atoms with Crippen molar-refractivity contribution < 1.29 is 14.0 Å². The van der Waals surface area contributed by atoms with Crippen LogP contribution in [0.1, 0.15) is 37.7 Å². The van der Waals surface area contributed by atoms with Crippen LogP contribution in [0.4, 0.5) is 14.9 Å². The summed E-state index contributed by atoms with van der Waals surface area (Å²) in [4.78, 5) is 26.6. The maximum absolute atomic E-state index is 14.5. The number of nitrogens with one attached hydrogen (secondary N) is 1. The van der Waals surface area contributed by atoms with Crippen LogP contribution >= 0.6 is 0 Å². The maximum atomic E-state index is 14.5.